The van der Waals surface area contributed by atoms with Crippen molar-refractivity contribution < 1.29 is 9.59 Å². The maximum absolute atomic E-state index is 12.1. The second-order valence-corrected chi connectivity index (χ2v) is 4.89. The van der Waals surface area contributed by atoms with Gasteiger partial charge < -0.3 is 15.1 Å². The van der Waals surface area contributed by atoms with E-state index in [2.05, 4.69) is 5.32 Å². The molecule has 2 fully saturated rings. The molecule has 2 heterocycles. The lowest BCUT2D eigenvalue weighted by molar-refractivity contribution is -0.152. The molecule has 1 unspecified atom stereocenters. The van der Waals surface area contributed by atoms with E-state index in [0.29, 0.717) is 13.1 Å². The predicted molar refractivity (Wildman–Crippen MR) is 64.5 cm³/mol. The molecule has 0 saturated carbocycles. The van der Waals surface area contributed by atoms with Gasteiger partial charge in [-0.1, -0.05) is 0 Å². The second kappa shape index (κ2) is 5.49. The van der Waals surface area contributed by atoms with Crippen molar-refractivity contribution in [1.82, 2.24) is 15.1 Å². The number of nitrogens with one attached hydrogen (secondary N) is 1. The topological polar surface area (TPSA) is 52.7 Å². The molecule has 0 aromatic rings. The molecule has 2 saturated heterocycles. The van der Waals surface area contributed by atoms with Gasteiger partial charge in [-0.15, -0.1) is 0 Å². The average Bonchev–Trinajstić information content (AvgIpc) is 2.60. The van der Waals surface area contributed by atoms with Crippen LogP contribution in [0.1, 0.15) is 26.2 Å². The smallest absolute Gasteiger partial charge is 0.312 e. The molecule has 17 heavy (non-hydrogen) atoms. The lowest BCUT2D eigenvalue weighted by Crippen LogP contribution is -2.47. The molecule has 0 aromatic heterocycles. The maximum Gasteiger partial charge on any atom is 0.312 e. The third-order valence-corrected chi connectivity index (χ3v) is 3.62. The van der Waals surface area contributed by atoms with E-state index in [1.807, 2.05) is 6.92 Å². The van der Waals surface area contributed by atoms with Crippen LogP contribution < -0.4 is 5.32 Å². The normalized spacial score (nSPS) is 25.8. The Balaban J connectivity index is 1.95. The van der Waals surface area contributed by atoms with Gasteiger partial charge in [0.15, 0.2) is 0 Å². The van der Waals surface area contributed by atoms with Crippen molar-refractivity contribution in [2.24, 2.45) is 0 Å². The minimum Gasteiger partial charge on any atom is -0.333 e. The molecule has 0 aromatic carbocycles. The molecule has 2 rings (SSSR count). The van der Waals surface area contributed by atoms with Crippen LogP contribution in [0.15, 0.2) is 0 Å². The molecule has 5 heteroatoms. The molecule has 0 spiro atoms. The first-order valence-electron chi connectivity index (χ1n) is 6.51. The molecule has 2 aliphatic heterocycles. The van der Waals surface area contributed by atoms with Gasteiger partial charge in [-0.25, -0.2) is 0 Å². The quantitative estimate of drug-likeness (QED) is 0.597. The molecule has 2 amide bonds. The van der Waals surface area contributed by atoms with Crippen LogP contribution in [-0.4, -0.2) is 60.4 Å². The van der Waals surface area contributed by atoms with Crippen molar-refractivity contribution in [2.45, 2.75) is 32.2 Å². The van der Waals surface area contributed by atoms with E-state index in [1.165, 1.54) is 0 Å². The van der Waals surface area contributed by atoms with Gasteiger partial charge in [0.1, 0.15) is 0 Å². The number of hydrogen-bond acceptors (Lipinski definition) is 3. The molecular weight excluding hydrogens is 218 g/mol. The van der Waals surface area contributed by atoms with Crippen LogP contribution in [0.3, 0.4) is 0 Å². The summed E-state index contributed by atoms with van der Waals surface area (Å²) in [4.78, 5) is 27.6. The Morgan fingerprint density at radius 2 is 1.88 bits per heavy atom. The van der Waals surface area contributed by atoms with Gasteiger partial charge >= 0.3 is 11.8 Å². The van der Waals surface area contributed by atoms with E-state index >= 15 is 0 Å². The van der Waals surface area contributed by atoms with Gasteiger partial charge in [0, 0.05) is 32.2 Å². The lowest BCUT2D eigenvalue weighted by atomic mass is 10.2. The first kappa shape index (κ1) is 12.4. The molecule has 1 atom stereocenters. The predicted octanol–water partition coefficient (Wildman–Crippen LogP) is -0.181. The molecule has 0 radical (unpaired) electrons. The first-order chi connectivity index (χ1) is 8.20. The van der Waals surface area contributed by atoms with Gasteiger partial charge in [0.25, 0.3) is 0 Å². The summed E-state index contributed by atoms with van der Waals surface area (Å²) in [5.74, 6) is -0.626. The van der Waals surface area contributed by atoms with Crippen LogP contribution >= 0.6 is 0 Å². The van der Waals surface area contributed by atoms with Gasteiger partial charge in [0.2, 0.25) is 0 Å². The zero-order chi connectivity index (χ0) is 12.3. The first-order valence-corrected chi connectivity index (χ1v) is 6.51. The summed E-state index contributed by atoms with van der Waals surface area (Å²) in [6.45, 7) is 5.80. The maximum atomic E-state index is 12.1. The fourth-order valence-corrected chi connectivity index (χ4v) is 2.54. The highest BCUT2D eigenvalue weighted by Gasteiger charge is 2.32. The van der Waals surface area contributed by atoms with Gasteiger partial charge in [-0.2, -0.15) is 0 Å². The molecule has 0 bridgehead atoms. The highest BCUT2D eigenvalue weighted by molar-refractivity contribution is 6.35. The number of amides is 2. The number of nitrogens with zero attached hydrogens (tertiary/aromatic N) is 2. The molecule has 5 nitrogen and oxygen atoms in total. The van der Waals surface area contributed by atoms with Crippen LogP contribution in [0.5, 0.6) is 0 Å². The number of rotatable bonds is 0. The van der Waals surface area contributed by atoms with Gasteiger partial charge in [-0.3, -0.25) is 9.59 Å². The minimum absolute atomic E-state index is 0.219. The van der Waals surface area contributed by atoms with E-state index in [-0.39, 0.29) is 17.9 Å². The minimum atomic E-state index is -0.317. The van der Waals surface area contributed by atoms with Crippen LogP contribution in [0.25, 0.3) is 0 Å². The fourth-order valence-electron chi connectivity index (χ4n) is 2.54. The highest BCUT2D eigenvalue weighted by atomic mass is 16.2. The lowest BCUT2D eigenvalue weighted by Gasteiger charge is -2.25. The SMILES string of the molecule is CC1CCCN1C(=O)C(=O)N1CCCNCC1. The Kier molecular flexibility index (Phi) is 3.99. The van der Waals surface area contributed by atoms with Crippen molar-refractivity contribution in [3.63, 3.8) is 0 Å². The highest BCUT2D eigenvalue weighted by Crippen LogP contribution is 2.17. The molecule has 1 N–H and O–H groups in total. The molecule has 0 aliphatic carbocycles. The third-order valence-electron chi connectivity index (χ3n) is 3.62. The van der Waals surface area contributed by atoms with Crippen molar-refractivity contribution in [1.29, 1.82) is 0 Å². The number of hydrogen-bond donors (Lipinski definition) is 1. The van der Waals surface area contributed by atoms with E-state index in [1.54, 1.807) is 9.80 Å². The van der Waals surface area contributed by atoms with Gasteiger partial charge in [-0.05, 0) is 32.7 Å². The molecule has 2 aliphatic rings. The monoisotopic (exact) mass is 239 g/mol. The largest absolute Gasteiger partial charge is 0.333 e. The Hall–Kier alpha value is -1.10. The summed E-state index contributed by atoms with van der Waals surface area (Å²) in [5.41, 5.74) is 0. The number of carbonyl (C=O) groups excluding carboxylic acids is 2. The Bertz CT molecular complexity index is 298. The van der Waals surface area contributed by atoms with Gasteiger partial charge in [0.05, 0.1) is 0 Å². The van der Waals surface area contributed by atoms with Crippen LogP contribution in [0, 0.1) is 0 Å². The van der Waals surface area contributed by atoms with Crippen LogP contribution in [0.4, 0.5) is 0 Å². The summed E-state index contributed by atoms with van der Waals surface area (Å²) in [6.07, 6.45) is 2.96. The average molecular weight is 239 g/mol. The Morgan fingerprint density at radius 1 is 1.06 bits per heavy atom. The summed E-state index contributed by atoms with van der Waals surface area (Å²) in [5, 5.41) is 3.23. The van der Waals surface area contributed by atoms with Crippen molar-refractivity contribution in [2.75, 3.05) is 32.7 Å². The zero-order valence-corrected chi connectivity index (χ0v) is 10.4. The zero-order valence-electron chi connectivity index (χ0n) is 10.4. The summed E-state index contributed by atoms with van der Waals surface area (Å²) < 4.78 is 0. The van der Waals surface area contributed by atoms with E-state index in [4.69, 9.17) is 0 Å². The summed E-state index contributed by atoms with van der Waals surface area (Å²) in [7, 11) is 0. The Morgan fingerprint density at radius 3 is 2.59 bits per heavy atom. The second-order valence-electron chi connectivity index (χ2n) is 4.89. The number of carbonyl (C=O) groups is 2. The van der Waals surface area contributed by atoms with Crippen molar-refractivity contribution >= 4 is 11.8 Å². The summed E-state index contributed by atoms with van der Waals surface area (Å²) >= 11 is 0. The van der Waals surface area contributed by atoms with Crippen molar-refractivity contribution in [3.8, 4) is 0 Å². The standard InChI is InChI=1S/C12H21N3O2/c1-10-4-2-8-15(10)12(17)11(16)14-7-3-5-13-6-9-14/h10,13H,2-9H2,1H3. The summed E-state index contributed by atoms with van der Waals surface area (Å²) in [6, 6.07) is 0.219. The Labute approximate surface area is 102 Å². The fraction of sp³-hybridized carbons (Fsp3) is 0.833. The van der Waals surface area contributed by atoms with Crippen LogP contribution in [0.2, 0.25) is 0 Å². The van der Waals surface area contributed by atoms with Crippen LogP contribution in [-0.2, 0) is 9.59 Å². The van der Waals surface area contributed by atoms with E-state index in [9.17, 15) is 9.59 Å². The third kappa shape index (κ3) is 2.77. The molecular formula is C12H21N3O2. The van der Waals surface area contributed by atoms with E-state index < -0.39 is 0 Å². The van der Waals surface area contributed by atoms with Crippen molar-refractivity contribution in [3.05, 3.63) is 0 Å². The number of likely N-dealkylation sites (tertiary alicyclic amines) is 1. The molecule has 96 valence electrons. The van der Waals surface area contributed by atoms with E-state index in [0.717, 1.165) is 38.9 Å².